The van der Waals surface area contributed by atoms with Gasteiger partial charge in [0.25, 0.3) is 5.91 Å². The molecule has 0 heterocycles. The fourth-order valence-electron chi connectivity index (χ4n) is 2.55. The summed E-state index contributed by atoms with van der Waals surface area (Å²) in [7, 11) is 0. The lowest BCUT2D eigenvalue weighted by Gasteiger charge is -2.12. The van der Waals surface area contributed by atoms with Crippen LogP contribution in [0.2, 0.25) is 10.0 Å². The lowest BCUT2D eigenvalue weighted by atomic mass is 10.0. The van der Waals surface area contributed by atoms with E-state index in [-0.39, 0.29) is 18.3 Å². The highest BCUT2D eigenvalue weighted by molar-refractivity contribution is 6.40. The highest BCUT2D eigenvalue weighted by Crippen LogP contribution is 2.32. The standard InChI is InChI=1S/C22H17Cl2NO3/c1-14-7-12-18(23)21(20(14)24)25-19(26)13-28-17-10-8-16(9-11-17)22(27)15-5-3-2-4-6-15/h2-12H,13H2,1H3,(H,25,26). The molecule has 0 aliphatic rings. The van der Waals surface area contributed by atoms with Gasteiger partial charge in [-0.1, -0.05) is 59.6 Å². The average Bonchev–Trinajstić information content (AvgIpc) is 2.73. The van der Waals surface area contributed by atoms with Crippen LogP contribution >= 0.6 is 23.2 Å². The van der Waals surface area contributed by atoms with Crippen LogP contribution in [0.5, 0.6) is 5.75 Å². The number of carbonyl (C=O) groups is 2. The molecule has 0 spiro atoms. The van der Waals surface area contributed by atoms with Crippen molar-refractivity contribution < 1.29 is 14.3 Å². The minimum Gasteiger partial charge on any atom is -0.484 e. The largest absolute Gasteiger partial charge is 0.484 e. The molecule has 28 heavy (non-hydrogen) atoms. The second-order valence-electron chi connectivity index (χ2n) is 6.11. The van der Waals surface area contributed by atoms with Crippen LogP contribution in [-0.2, 0) is 4.79 Å². The summed E-state index contributed by atoms with van der Waals surface area (Å²) < 4.78 is 5.48. The number of amides is 1. The maximum Gasteiger partial charge on any atom is 0.262 e. The number of hydrogen-bond acceptors (Lipinski definition) is 3. The van der Waals surface area contributed by atoms with E-state index in [0.717, 1.165) is 5.56 Å². The second kappa shape index (κ2) is 8.91. The third kappa shape index (κ3) is 4.71. The molecule has 0 fully saturated rings. The van der Waals surface area contributed by atoms with E-state index in [1.165, 1.54) is 0 Å². The maximum absolute atomic E-state index is 12.4. The van der Waals surface area contributed by atoms with E-state index in [1.54, 1.807) is 48.5 Å². The van der Waals surface area contributed by atoms with Gasteiger partial charge in [0.05, 0.1) is 15.7 Å². The third-order valence-corrected chi connectivity index (χ3v) is 4.87. The molecular formula is C22H17Cl2NO3. The van der Waals surface area contributed by atoms with Crippen LogP contribution in [0, 0.1) is 6.92 Å². The summed E-state index contributed by atoms with van der Waals surface area (Å²) in [5, 5.41) is 3.41. The van der Waals surface area contributed by atoms with Crippen LogP contribution in [0.3, 0.4) is 0 Å². The molecule has 0 atom stereocenters. The molecule has 1 amide bonds. The van der Waals surface area contributed by atoms with Crippen LogP contribution in [0.25, 0.3) is 0 Å². The van der Waals surface area contributed by atoms with Gasteiger partial charge in [0.15, 0.2) is 12.4 Å². The quantitative estimate of drug-likeness (QED) is 0.538. The fourth-order valence-corrected chi connectivity index (χ4v) is 3.02. The van der Waals surface area contributed by atoms with Crippen LogP contribution in [0.15, 0.2) is 66.7 Å². The molecule has 4 nitrogen and oxygen atoms in total. The summed E-state index contributed by atoms with van der Waals surface area (Å²) in [4.78, 5) is 24.5. The van der Waals surface area contributed by atoms with Crippen molar-refractivity contribution in [2.45, 2.75) is 6.92 Å². The SMILES string of the molecule is Cc1ccc(Cl)c(NC(=O)COc2ccc(C(=O)c3ccccc3)cc2)c1Cl. The molecule has 6 heteroatoms. The molecule has 0 bridgehead atoms. The number of nitrogens with one attached hydrogen (secondary N) is 1. The predicted octanol–water partition coefficient (Wildman–Crippen LogP) is 5.55. The van der Waals surface area contributed by atoms with Gasteiger partial charge >= 0.3 is 0 Å². The Morgan fingerprint density at radius 2 is 1.54 bits per heavy atom. The average molecular weight is 414 g/mol. The number of benzene rings is 3. The van der Waals surface area contributed by atoms with E-state index >= 15 is 0 Å². The van der Waals surface area contributed by atoms with Gasteiger partial charge in [-0.3, -0.25) is 9.59 Å². The van der Waals surface area contributed by atoms with E-state index < -0.39 is 0 Å². The molecular weight excluding hydrogens is 397 g/mol. The summed E-state index contributed by atoms with van der Waals surface area (Å²) in [6, 6.07) is 19.1. The summed E-state index contributed by atoms with van der Waals surface area (Å²) in [5.74, 6) is 0.00802. The molecule has 0 radical (unpaired) electrons. The lowest BCUT2D eigenvalue weighted by molar-refractivity contribution is -0.118. The van der Waals surface area contributed by atoms with Gasteiger partial charge in [0.1, 0.15) is 5.75 Å². The lowest BCUT2D eigenvalue weighted by Crippen LogP contribution is -2.20. The zero-order chi connectivity index (χ0) is 20.1. The first-order valence-corrected chi connectivity index (χ1v) is 9.28. The van der Waals surface area contributed by atoms with Crippen LogP contribution in [0.1, 0.15) is 21.5 Å². The van der Waals surface area contributed by atoms with Crippen molar-refractivity contribution >= 4 is 40.6 Å². The summed E-state index contributed by atoms with van der Waals surface area (Å²) >= 11 is 12.3. The summed E-state index contributed by atoms with van der Waals surface area (Å²) in [5.41, 5.74) is 2.32. The molecule has 0 saturated carbocycles. The third-order valence-electron chi connectivity index (χ3n) is 4.07. The molecule has 3 aromatic carbocycles. The molecule has 0 aliphatic carbocycles. The van der Waals surface area contributed by atoms with E-state index in [1.807, 2.05) is 25.1 Å². The molecule has 0 aliphatic heterocycles. The zero-order valence-electron chi connectivity index (χ0n) is 15.0. The zero-order valence-corrected chi connectivity index (χ0v) is 16.6. The Kier molecular flexibility index (Phi) is 6.34. The van der Waals surface area contributed by atoms with Gasteiger partial charge in [0.2, 0.25) is 0 Å². The van der Waals surface area contributed by atoms with Crippen molar-refractivity contribution in [3.05, 3.63) is 93.5 Å². The Morgan fingerprint density at radius 3 is 2.21 bits per heavy atom. The number of anilines is 1. The van der Waals surface area contributed by atoms with Crippen LogP contribution in [-0.4, -0.2) is 18.3 Å². The summed E-state index contributed by atoms with van der Waals surface area (Å²) in [6.07, 6.45) is 0. The van der Waals surface area contributed by atoms with Crippen molar-refractivity contribution in [1.29, 1.82) is 0 Å². The van der Waals surface area contributed by atoms with Crippen molar-refractivity contribution in [2.75, 3.05) is 11.9 Å². The minimum atomic E-state index is -0.390. The van der Waals surface area contributed by atoms with Gasteiger partial charge in [-0.15, -0.1) is 0 Å². The highest BCUT2D eigenvalue weighted by atomic mass is 35.5. The second-order valence-corrected chi connectivity index (χ2v) is 6.89. The highest BCUT2D eigenvalue weighted by Gasteiger charge is 2.13. The number of aryl methyl sites for hydroxylation is 1. The normalized spacial score (nSPS) is 10.4. The van der Waals surface area contributed by atoms with Gasteiger partial charge in [-0.2, -0.15) is 0 Å². The number of ether oxygens (including phenoxy) is 1. The van der Waals surface area contributed by atoms with Crippen LogP contribution in [0.4, 0.5) is 5.69 Å². The summed E-state index contributed by atoms with van der Waals surface area (Å²) in [6.45, 7) is 1.61. The van der Waals surface area contributed by atoms with Gasteiger partial charge in [-0.25, -0.2) is 0 Å². The van der Waals surface area contributed by atoms with E-state index in [9.17, 15) is 9.59 Å². The predicted molar refractivity (Wildman–Crippen MR) is 112 cm³/mol. The van der Waals surface area contributed by atoms with Crippen molar-refractivity contribution in [3.63, 3.8) is 0 Å². The Morgan fingerprint density at radius 1 is 0.893 bits per heavy atom. The molecule has 0 unspecified atom stereocenters. The number of rotatable bonds is 6. The topological polar surface area (TPSA) is 55.4 Å². The van der Waals surface area contributed by atoms with Crippen molar-refractivity contribution in [3.8, 4) is 5.75 Å². The monoisotopic (exact) mass is 413 g/mol. The maximum atomic E-state index is 12.4. The van der Waals surface area contributed by atoms with E-state index in [0.29, 0.717) is 32.6 Å². The molecule has 1 N–H and O–H groups in total. The fraction of sp³-hybridized carbons (Fsp3) is 0.0909. The van der Waals surface area contributed by atoms with Crippen LogP contribution < -0.4 is 10.1 Å². The van der Waals surface area contributed by atoms with E-state index in [2.05, 4.69) is 5.32 Å². The first-order chi connectivity index (χ1) is 13.5. The van der Waals surface area contributed by atoms with Gasteiger partial charge in [-0.05, 0) is 42.8 Å². The molecule has 3 rings (SSSR count). The molecule has 0 saturated heterocycles. The van der Waals surface area contributed by atoms with E-state index in [4.69, 9.17) is 27.9 Å². The molecule has 3 aromatic rings. The Hall–Kier alpha value is -2.82. The first-order valence-electron chi connectivity index (χ1n) is 8.53. The number of hydrogen-bond donors (Lipinski definition) is 1. The molecule has 142 valence electrons. The Labute approximate surface area is 173 Å². The molecule has 0 aromatic heterocycles. The number of ketones is 1. The van der Waals surface area contributed by atoms with Gasteiger partial charge in [0, 0.05) is 11.1 Å². The number of carbonyl (C=O) groups excluding carboxylic acids is 2. The smallest absolute Gasteiger partial charge is 0.262 e. The first kappa shape index (κ1) is 19.9. The Balaban J connectivity index is 1.60. The minimum absolute atomic E-state index is 0.0753. The van der Waals surface area contributed by atoms with Crippen molar-refractivity contribution in [1.82, 2.24) is 0 Å². The Bertz CT molecular complexity index is 1000. The number of halogens is 2. The van der Waals surface area contributed by atoms with Crippen molar-refractivity contribution in [2.24, 2.45) is 0 Å². The van der Waals surface area contributed by atoms with Gasteiger partial charge < -0.3 is 10.1 Å².